The van der Waals surface area contributed by atoms with Gasteiger partial charge in [0.15, 0.2) is 8.32 Å². The van der Waals surface area contributed by atoms with Crippen LogP contribution < -0.4 is 20.3 Å². The van der Waals surface area contributed by atoms with Crippen molar-refractivity contribution in [2.75, 3.05) is 25.6 Å². The third kappa shape index (κ3) is 11.4. The van der Waals surface area contributed by atoms with E-state index in [4.69, 9.17) is 23.8 Å². The molecule has 2 aromatic rings. The maximum Gasteiger partial charge on any atom is 0.460 e. The molecule has 27 heteroatoms. The molecule has 2 aromatic carbocycles. The van der Waals surface area contributed by atoms with E-state index in [1.165, 1.54) is 89.7 Å². The number of anilines is 1. The Morgan fingerprint density at radius 1 is 0.667 bits per heavy atom. The molecule has 0 fully saturated rings. The van der Waals surface area contributed by atoms with Gasteiger partial charge >= 0.3 is 53.7 Å². The van der Waals surface area contributed by atoms with Crippen LogP contribution in [0.2, 0.25) is 17.1 Å². The summed E-state index contributed by atoms with van der Waals surface area (Å²) in [4.78, 5) is 24.9. The van der Waals surface area contributed by atoms with Crippen LogP contribution in [-0.4, -0.2) is 93.5 Å². The number of hydrogen-bond acceptors (Lipinski definition) is 7. The third-order valence-corrected chi connectivity index (χ3v) is 16.2. The monoisotopic (exact) mass is 1000 g/mol. The predicted molar refractivity (Wildman–Crippen MR) is 203 cm³/mol. The molecule has 2 rings (SSSR count). The zero-order valence-corrected chi connectivity index (χ0v) is 36.7. The zero-order valence-electron chi connectivity index (χ0n) is 35.7. The average Bonchev–Trinajstić information content (AvgIpc) is 3.21. The molecule has 0 aliphatic carbocycles. The smallest absolute Gasteiger partial charge is 0.460 e. The number of methoxy groups -OCH3 is 1. The summed E-state index contributed by atoms with van der Waals surface area (Å²) in [5.74, 6) is -57.9. The van der Waals surface area contributed by atoms with Gasteiger partial charge in [-0.25, -0.2) is 10.3 Å². The van der Waals surface area contributed by atoms with Gasteiger partial charge in [0.1, 0.15) is 24.2 Å². The minimum atomic E-state index is -8.71. The van der Waals surface area contributed by atoms with Gasteiger partial charge < -0.3 is 18.6 Å². The number of ether oxygens (including phenoxy) is 3. The van der Waals surface area contributed by atoms with Crippen LogP contribution in [0, 0.1) is 5.92 Å². The third-order valence-electron chi connectivity index (χ3n) is 10.5. The quantitative estimate of drug-likeness (QED) is 0.0254. The number of amides is 2. The van der Waals surface area contributed by atoms with Crippen LogP contribution in [0.5, 0.6) is 11.5 Å². The second-order valence-electron chi connectivity index (χ2n) is 15.5. The number of hydroxylamine groups is 1. The first-order valence-corrected chi connectivity index (χ1v) is 21.5. The summed E-state index contributed by atoms with van der Waals surface area (Å²) in [7, 11) is -2.60. The van der Waals surface area contributed by atoms with Crippen LogP contribution in [-0.2, 0) is 14.0 Å². The van der Waals surface area contributed by atoms with Crippen molar-refractivity contribution in [3.63, 3.8) is 0 Å². The van der Waals surface area contributed by atoms with Gasteiger partial charge in [-0.05, 0) is 66.0 Å². The van der Waals surface area contributed by atoms with Crippen molar-refractivity contribution in [3.8, 4) is 11.5 Å². The van der Waals surface area contributed by atoms with Gasteiger partial charge in [-0.2, -0.15) is 74.6 Å². The molecule has 0 aliphatic rings. The second kappa shape index (κ2) is 20.8. The molecule has 0 bridgehead atoms. The minimum Gasteiger partial charge on any atom is -0.497 e. The highest BCUT2D eigenvalue weighted by atomic mass is 28.4. The molecule has 0 spiro atoms. The highest BCUT2D eigenvalue weighted by Gasteiger charge is 2.95. The van der Waals surface area contributed by atoms with Crippen LogP contribution in [0.1, 0.15) is 59.6 Å². The van der Waals surface area contributed by atoms with Crippen LogP contribution in [0.25, 0.3) is 0 Å². The van der Waals surface area contributed by atoms with Gasteiger partial charge in [-0.15, -0.1) is 0 Å². The Hall–Kier alpha value is -4.53. The Labute approximate surface area is 367 Å². The van der Waals surface area contributed by atoms with Crippen molar-refractivity contribution in [1.82, 2.24) is 5.48 Å². The molecule has 0 radical (unpaired) electrons. The van der Waals surface area contributed by atoms with E-state index in [1.54, 1.807) is 19.1 Å². The molecule has 0 saturated carbocycles. The van der Waals surface area contributed by atoms with Crippen molar-refractivity contribution >= 4 is 26.0 Å². The van der Waals surface area contributed by atoms with E-state index < -0.39 is 117 Å². The first-order valence-electron chi connectivity index (χ1n) is 19.2. The Morgan fingerprint density at radius 2 is 1.12 bits per heavy atom. The Balaban J connectivity index is 2.32. The lowest BCUT2D eigenvalue weighted by Crippen LogP contribution is -2.74. The maximum absolute atomic E-state index is 15.0. The molecule has 9 nitrogen and oxygen atoms in total. The number of carbonyl (C=O) groups excluding carboxylic acids is 2. The summed E-state index contributed by atoms with van der Waals surface area (Å²) in [5, 5.41) is 11.5. The van der Waals surface area contributed by atoms with Gasteiger partial charge in [0.05, 0.1) is 13.7 Å². The zero-order chi connectivity index (χ0) is 51.3. The predicted octanol–water partition coefficient (Wildman–Crippen LogP) is 12.6. The number of rotatable bonds is 23. The molecule has 2 amide bonds. The summed E-state index contributed by atoms with van der Waals surface area (Å²) in [6.45, 7) is 7.15. The number of nitrogens with one attached hydrogen (secondary N) is 2. The molecule has 0 aromatic heterocycles. The van der Waals surface area contributed by atoms with Crippen molar-refractivity contribution in [2.24, 2.45) is 5.92 Å². The first-order chi connectivity index (χ1) is 29.9. The van der Waals surface area contributed by atoms with Crippen LogP contribution >= 0.6 is 0 Å². The Morgan fingerprint density at radius 3 is 1.56 bits per heavy atom. The lowest BCUT2D eigenvalue weighted by molar-refractivity contribution is -0.461. The van der Waals surface area contributed by atoms with Gasteiger partial charge in [0.2, 0.25) is 0 Å². The van der Waals surface area contributed by atoms with Crippen molar-refractivity contribution < 1.29 is 108 Å². The first kappa shape index (κ1) is 57.6. The minimum absolute atomic E-state index is 0.0403. The van der Waals surface area contributed by atoms with Crippen LogP contribution in [0.4, 0.5) is 85.1 Å². The fourth-order valence-electron chi connectivity index (χ4n) is 6.56. The average molecular weight is 1000 g/mol. The van der Waals surface area contributed by atoms with E-state index in [0.29, 0.717) is 17.0 Å². The Bertz CT molecular complexity index is 1960. The SMILES string of the molecule is COc1ccc(NC(=O)O[C@@H](c2ccc(OCCO[Si](CCC(F)(F)C(F)(F)C(F)(F)C(F)(F)C(F)(F)C(F)(F)C(F)(F)C(F)(F)F)(C(C)C)C(C)C)cc2)[C@H](C)/C=C(\C)C(=O)NO)cc1. The highest BCUT2D eigenvalue weighted by molar-refractivity contribution is 6.76. The molecular weight excluding hydrogens is 959 g/mol. The summed E-state index contributed by atoms with van der Waals surface area (Å²) in [5.41, 5.74) is 0.340. The van der Waals surface area contributed by atoms with E-state index in [-0.39, 0.29) is 11.3 Å². The van der Waals surface area contributed by atoms with E-state index in [1.807, 2.05) is 0 Å². The maximum atomic E-state index is 15.0. The molecule has 3 N–H and O–H groups in total. The van der Waals surface area contributed by atoms with Gasteiger partial charge in [-0.3, -0.25) is 15.3 Å². The van der Waals surface area contributed by atoms with Crippen molar-refractivity contribution in [1.29, 1.82) is 0 Å². The number of halogens is 17. The molecule has 0 heterocycles. The molecule has 0 unspecified atom stereocenters. The number of alkyl halides is 17. The normalized spacial score (nSPS) is 15.1. The van der Waals surface area contributed by atoms with Gasteiger partial charge in [0.25, 0.3) is 5.91 Å². The largest absolute Gasteiger partial charge is 0.497 e. The lowest BCUT2D eigenvalue weighted by atomic mass is 9.88. The van der Waals surface area contributed by atoms with E-state index in [2.05, 4.69) is 5.32 Å². The number of benzene rings is 2. The summed E-state index contributed by atoms with van der Waals surface area (Å²) >= 11 is 0. The fraction of sp³-hybridized carbons (Fsp3) is 0.590. The summed E-state index contributed by atoms with van der Waals surface area (Å²) in [6.07, 6.45) is -11.1. The molecule has 376 valence electrons. The highest BCUT2D eigenvalue weighted by Crippen LogP contribution is 2.64. The van der Waals surface area contributed by atoms with Crippen LogP contribution in [0.3, 0.4) is 0 Å². The molecule has 0 aliphatic heterocycles. The van der Waals surface area contributed by atoms with E-state index in [0.717, 1.165) is 0 Å². The van der Waals surface area contributed by atoms with Crippen molar-refractivity contribution in [2.45, 2.75) is 119 Å². The van der Waals surface area contributed by atoms with Crippen LogP contribution in [0.15, 0.2) is 60.2 Å². The van der Waals surface area contributed by atoms with Gasteiger partial charge in [-0.1, -0.05) is 52.8 Å². The van der Waals surface area contributed by atoms with Gasteiger partial charge in [0, 0.05) is 23.6 Å². The van der Waals surface area contributed by atoms with E-state index in [9.17, 15) is 75.4 Å². The summed E-state index contributed by atoms with van der Waals surface area (Å²) < 4.78 is 258. The molecule has 0 saturated heterocycles. The lowest BCUT2D eigenvalue weighted by Gasteiger charge is -2.44. The molecule has 66 heavy (non-hydrogen) atoms. The molecular formula is C39H45F17N2O7Si. The second-order valence-corrected chi connectivity index (χ2v) is 20.5. The number of hydrogen-bond donors (Lipinski definition) is 3. The Kier molecular flexibility index (Phi) is 18.1. The topological polar surface area (TPSA) is 115 Å². The fourth-order valence-corrected chi connectivity index (χ4v) is 11.0. The molecule has 2 atom stereocenters. The summed E-state index contributed by atoms with van der Waals surface area (Å²) in [6, 6.07) is 10.4. The standard InChI is InChI=1S/C39H45F17N2O7Si/c1-21(2)66(22(3)4,19-16-32(40,41)33(42,43)34(44,45)35(46,47)36(48,49)37(50,51)38(52,53)39(54,55)56)64-18-17-63-28-12-8-25(9-13-28)29(23(5)20-24(6)30(59)58-61)65-31(60)57-26-10-14-27(62-7)15-11-26/h8-15,20-23,29,61H,16-19H2,1-7H3,(H,57,60)(H,58,59)/b24-20+/t23-,29-/m1/s1. The van der Waals surface area contributed by atoms with E-state index >= 15 is 8.78 Å². The van der Waals surface area contributed by atoms with Crippen molar-refractivity contribution in [3.05, 3.63) is 65.7 Å². The number of carbonyl (C=O) groups is 2.